The molecule has 2 saturated heterocycles. The van der Waals surface area contributed by atoms with Gasteiger partial charge in [-0.25, -0.2) is 15.0 Å². The number of benzene rings is 1. The molecule has 0 bridgehead atoms. The average molecular weight is 485 g/mol. The number of anilines is 2. The van der Waals surface area contributed by atoms with Crippen LogP contribution < -0.4 is 9.80 Å². The van der Waals surface area contributed by atoms with E-state index in [1.54, 1.807) is 18.1 Å². The minimum absolute atomic E-state index is 0.0166. The van der Waals surface area contributed by atoms with E-state index in [0.717, 1.165) is 53.4 Å². The summed E-state index contributed by atoms with van der Waals surface area (Å²) in [6.07, 6.45) is 4.66. The molecular formula is C23H28N6O2S2. The van der Waals surface area contributed by atoms with Gasteiger partial charge in [0, 0.05) is 12.3 Å². The number of nitrogens with zero attached hydrogens (tertiary/aromatic N) is 6. The fourth-order valence-corrected chi connectivity index (χ4v) is 6.33. The van der Waals surface area contributed by atoms with Gasteiger partial charge >= 0.3 is 0 Å². The largest absolute Gasteiger partial charge is 0.616 e. The molecule has 2 aliphatic heterocycles. The zero-order valence-corrected chi connectivity index (χ0v) is 20.1. The molecule has 33 heavy (non-hydrogen) atoms. The van der Waals surface area contributed by atoms with Gasteiger partial charge in [-0.05, 0) is 24.8 Å². The van der Waals surface area contributed by atoms with E-state index >= 15 is 0 Å². The Balaban J connectivity index is 1.56. The molecule has 2 aliphatic rings. The maximum Gasteiger partial charge on any atom is 0.228 e. The molecule has 4 heterocycles. The third-order valence-corrected chi connectivity index (χ3v) is 8.53. The lowest BCUT2D eigenvalue weighted by atomic mass is 10.0. The quantitative estimate of drug-likeness (QED) is 0.321. The van der Waals surface area contributed by atoms with Crippen LogP contribution >= 0.6 is 11.8 Å². The van der Waals surface area contributed by atoms with E-state index in [0.29, 0.717) is 30.5 Å². The Labute approximate surface area is 201 Å². The SMILES string of the molecule is [O-][S+]1CCN(c2nc(N3CCCCC3CO)nc3c(SCc4ccccc4)ncnc23)CC1. The predicted octanol–water partition coefficient (Wildman–Crippen LogP) is 2.63. The zero-order valence-electron chi connectivity index (χ0n) is 18.5. The second-order valence-corrected chi connectivity index (χ2v) is 11.0. The first-order chi connectivity index (χ1) is 16.2. The van der Waals surface area contributed by atoms with Crippen molar-refractivity contribution >= 4 is 45.7 Å². The first-order valence-corrected chi connectivity index (χ1v) is 13.9. The van der Waals surface area contributed by atoms with Crippen LogP contribution in [0, 0.1) is 0 Å². The summed E-state index contributed by atoms with van der Waals surface area (Å²) >= 11 is 0.865. The number of hydrogen-bond donors (Lipinski definition) is 1. The van der Waals surface area contributed by atoms with Crippen molar-refractivity contribution in [3.8, 4) is 0 Å². The number of aliphatic hydroxyl groups is 1. The number of piperidine rings is 1. The molecule has 10 heteroatoms. The average Bonchev–Trinajstić information content (AvgIpc) is 2.88. The van der Waals surface area contributed by atoms with E-state index in [-0.39, 0.29) is 12.6 Å². The minimum Gasteiger partial charge on any atom is -0.616 e. The standard InChI is InChI=1S/C23H28N6O2S2/c30-14-18-8-4-5-9-29(18)23-26-20-19(21(27-23)28-10-12-33(31)13-11-28)24-16-25-22(20)32-15-17-6-2-1-3-7-17/h1-3,6-7,16,18,30H,4-5,8-15H2. The van der Waals surface area contributed by atoms with Gasteiger partial charge in [-0.1, -0.05) is 53.3 Å². The van der Waals surface area contributed by atoms with Crippen LogP contribution in [0.1, 0.15) is 24.8 Å². The lowest BCUT2D eigenvalue weighted by Gasteiger charge is -2.36. The second kappa shape index (κ2) is 10.4. The number of aromatic nitrogens is 4. The molecule has 1 N–H and O–H groups in total. The molecule has 174 valence electrons. The molecule has 2 aromatic heterocycles. The van der Waals surface area contributed by atoms with Crippen LogP contribution in [0.4, 0.5) is 11.8 Å². The Kier molecular flexibility index (Phi) is 7.15. The molecule has 0 radical (unpaired) electrons. The summed E-state index contributed by atoms with van der Waals surface area (Å²) in [7, 11) is 0. The number of thioether (sulfide) groups is 1. The van der Waals surface area contributed by atoms with Crippen molar-refractivity contribution in [1.82, 2.24) is 19.9 Å². The van der Waals surface area contributed by atoms with Gasteiger partial charge in [-0.2, -0.15) is 4.98 Å². The summed E-state index contributed by atoms with van der Waals surface area (Å²) < 4.78 is 12.0. The lowest BCUT2D eigenvalue weighted by Crippen LogP contribution is -2.44. The van der Waals surface area contributed by atoms with Gasteiger partial charge in [0.25, 0.3) is 0 Å². The molecule has 8 nitrogen and oxygen atoms in total. The summed E-state index contributed by atoms with van der Waals surface area (Å²) in [5, 5.41) is 10.8. The highest BCUT2D eigenvalue weighted by Gasteiger charge is 2.29. The fraction of sp³-hybridized carbons (Fsp3) is 0.478. The molecule has 0 amide bonds. The fourth-order valence-electron chi connectivity index (χ4n) is 4.38. The highest BCUT2D eigenvalue weighted by Crippen LogP contribution is 2.33. The van der Waals surface area contributed by atoms with Gasteiger partial charge < -0.3 is 19.5 Å². The second-order valence-electron chi connectivity index (χ2n) is 8.36. The molecule has 5 rings (SSSR count). The van der Waals surface area contributed by atoms with E-state index in [9.17, 15) is 9.66 Å². The summed E-state index contributed by atoms with van der Waals surface area (Å²) in [5.74, 6) is 3.44. The van der Waals surface area contributed by atoms with E-state index in [2.05, 4.69) is 31.9 Å². The predicted molar refractivity (Wildman–Crippen MR) is 133 cm³/mol. The minimum atomic E-state index is -0.779. The van der Waals surface area contributed by atoms with Crippen molar-refractivity contribution in [2.45, 2.75) is 36.1 Å². The highest BCUT2D eigenvalue weighted by molar-refractivity contribution is 7.98. The van der Waals surface area contributed by atoms with Crippen molar-refractivity contribution in [3.05, 3.63) is 42.2 Å². The number of aliphatic hydroxyl groups excluding tert-OH is 1. The Morgan fingerprint density at radius 1 is 1.03 bits per heavy atom. The summed E-state index contributed by atoms with van der Waals surface area (Å²) in [5.41, 5.74) is 2.69. The monoisotopic (exact) mass is 484 g/mol. The van der Waals surface area contributed by atoms with Crippen LogP contribution in [0.5, 0.6) is 0 Å². The van der Waals surface area contributed by atoms with Crippen LogP contribution in [-0.2, 0) is 16.9 Å². The molecule has 3 aromatic rings. The molecule has 1 aromatic carbocycles. The summed E-state index contributed by atoms with van der Waals surface area (Å²) in [6.45, 7) is 2.26. The Morgan fingerprint density at radius 3 is 2.64 bits per heavy atom. The van der Waals surface area contributed by atoms with E-state index in [1.165, 1.54) is 5.56 Å². The van der Waals surface area contributed by atoms with Gasteiger partial charge in [-0.15, -0.1) is 0 Å². The molecule has 2 fully saturated rings. The first-order valence-electron chi connectivity index (χ1n) is 11.4. The summed E-state index contributed by atoms with van der Waals surface area (Å²) in [6, 6.07) is 10.3. The van der Waals surface area contributed by atoms with Gasteiger partial charge in [-0.3, -0.25) is 0 Å². The zero-order chi connectivity index (χ0) is 22.6. The third kappa shape index (κ3) is 5.03. The van der Waals surface area contributed by atoms with Gasteiger partial charge in [0.2, 0.25) is 5.95 Å². The normalized spacial score (nSPS) is 19.9. The Morgan fingerprint density at radius 2 is 1.85 bits per heavy atom. The topological polar surface area (TPSA) is 101 Å². The van der Waals surface area contributed by atoms with Gasteiger partial charge in [0.15, 0.2) is 5.82 Å². The molecule has 0 spiro atoms. The van der Waals surface area contributed by atoms with Crippen LogP contribution in [-0.4, -0.2) is 73.4 Å². The van der Waals surface area contributed by atoms with Crippen molar-refractivity contribution in [2.24, 2.45) is 0 Å². The van der Waals surface area contributed by atoms with Gasteiger partial charge in [0.1, 0.15) is 33.9 Å². The molecule has 1 atom stereocenters. The smallest absolute Gasteiger partial charge is 0.228 e. The van der Waals surface area contributed by atoms with Crippen LogP contribution in [0.25, 0.3) is 11.0 Å². The van der Waals surface area contributed by atoms with E-state index in [1.807, 2.05) is 18.2 Å². The lowest BCUT2D eigenvalue weighted by molar-refractivity contribution is 0.239. The van der Waals surface area contributed by atoms with Crippen LogP contribution in [0.15, 0.2) is 41.7 Å². The molecule has 1 unspecified atom stereocenters. The molecule has 0 saturated carbocycles. The van der Waals surface area contributed by atoms with Crippen LogP contribution in [0.3, 0.4) is 0 Å². The number of fused-ring (bicyclic) bond motifs is 1. The van der Waals surface area contributed by atoms with Crippen LogP contribution in [0.2, 0.25) is 0 Å². The van der Waals surface area contributed by atoms with Crippen molar-refractivity contribution in [3.63, 3.8) is 0 Å². The highest BCUT2D eigenvalue weighted by atomic mass is 32.2. The Bertz CT molecular complexity index is 1080. The molecule has 0 aliphatic carbocycles. The number of hydrogen-bond acceptors (Lipinski definition) is 9. The molecular weight excluding hydrogens is 456 g/mol. The van der Waals surface area contributed by atoms with E-state index < -0.39 is 11.2 Å². The van der Waals surface area contributed by atoms with Gasteiger partial charge in [0.05, 0.1) is 25.7 Å². The third-order valence-electron chi connectivity index (χ3n) is 6.21. The summed E-state index contributed by atoms with van der Waals surface area (Å²) in [4.78, 5) is 23.4. The first kappa shape index (κ1) is 22.6. The van der Waals surface area contributed by atoms with Crippen molar-refractivity contribution in [1.29, 1.82) is 0 Å². The number of rotatable bonds is 6. The maximum atomic E-state index is 12.0. The van der Waals surface area contributed by atoms with Crippen molar-refractivity contribution < 1.29 is 9.66 Å². The van der Waals surface area contributed by atoms with E-state index in [4.69, 9.17) is 9.97 Å². The maximum absolute atomic E-state index is 12.0. The Hall–Kier alpha value is -2.14. The van der Waals surface area contributed by atoms with Crippen molar-refractivity contribution in [2.75, 3.05) is 47.5 Å².